The molecule has 144 valence electrons. The molecule has 2 fully saturated rings. The molecule has 1 saturated carbocycles. The SMILES string of the molecule is Cc1ccc(Cc2nsc(N3CCN(C(=O)C4CCCC4)[C@@H](C)C3)n2)cc1. The summed E-state index contributed by atoms with van der Waals surface area (Å²) in [7, 11) is 0. The summed E-state index contributed by atoms with van der Waals surface area (Å²) in [5.74, 6) is 1.52. The van der Waals surface area contributed by atoms with E-state index < -0.39 is 0 Å². The average Bonchev–Trinajstić information content (AvgIpc) is 3.35. The largest absolute Gasteiger partial charge is 0.343 e. The van der Waals surface area contributed by atoms with Gasteiger partial charge in [0.1, 0.15) is 5.82 Å². The number of carbonyl (C=O) groups is 1. The molecule has 2 heterocycles. The molecule has 1 aromatic heterocycles. The highest BCUT2D eigenvalue weighted by Crippen LogP contribution is 2.29. The molecule has 0 N–H and O–H groups in total. The van der Waals surface area contributed by atoms with Gasteiger partial charge in [-0.15, -0.1) is 0 Å². The van der Waals surface area contributed by atoms with Crippen molar-refractivity contribution >= 4 is 22.6 Å². The van der Waals surface area contributed by atoms with E-state index in [1.54, 1.807) is 0 Å². The van der Waals surface area contributed by atoms with Gasteiger partial charge in [-0.1, -0.05) is 42.7 Å². The van der Waals surface area contributed by atoms with Gasteiger partial charge in [-0.25, -0.2) is 4.98 Å². The minimum Gasteiger partial charge on any atom is -0.343 e. The molecule has 1 aliphatic heterocycles. The predicted molar refractivity (Wildman–Crippen MR) is 109 cm³/mol. The number of amides is 1. The molecule has 1 saturated heterocycles. The van der Waals surface area contributed by atoms with Crippen molar-refractivity contribution < 1.29 is 4.79 Å². The first kappa shape index (κ1) is 18.4. The van der Waals surface area contributed by atoms with Crippen LogP contribution in [0.4, 0.5) is 5.13 Å². The quantitative estimate of drug-likeness (QED) is 0.807. The van der Waals surface area contributed by atoms with Crippen molar-refractivity contribution in [2.75, 3.05) is 24.5 Å². The maximum atomic E-state index is 12.8. The Morgan fingerprint density at radius 1 is 1.19 bits per heavy atom. The second-order valence-electron chi connectivity index (χ2n) is 7.96. The van der Waals surface area contributed by atoms with Crippen LogP contribution >= 0.6 is 11.5 Å². The Labute approximate surface area is 165 Å². The van der Waals surface area contributed by atoms with Gasteiger partial charge < -0.3 is 9.80 Å². The van der Waals surface area contributed by atoms with Crippen LogP contribution in [0, 0.1) is 12.8 Å². The summed E-state index contributed by atoms with van der Waals surface area (Å²) in [6, 6.07) is 8.78. The first-order chi connectivity index (χ1) is 13.1. The third-order valence-corrected chi connectivity index (χ3v) is 6.64. The van der Waals surface area contributed by atoms with Crippen LogP contribution in [0.25, 0.3) is 0 Å². The van der Waals surface area contributed by atoms with Crippen molar-refractivity contribution in [3.05, 3.63) is 41.2 Å². The topological polar surface area (TPSA) is 49.3 Å². The normalized spacial score (nSPS) is 21.0. The molecule has 4 rings (SSSR count). The predicted octanol–water partition coefficient (Wildman–Crippen LogP) is 3.66. The van der Waals surface area contributed by atoms with Crippen molar-refractivity contribution in [1.29, 1.82) is 0 Å². The number of anilines is 1. The molecule has 0 bridgehead atoms. The van der Waals surface area contributed by atoms with E-state index >= 15 is 0 Å². The summed E-state index contributed by atoms with van der Waals surface area (Å²) in [5.41, 5.74) is 2.51. The Balaban J connectivity index is 1.37. The Kier molecular flexibility index (Phi) is 5.43. The fourth-order valence-corrected chi connectivity index (χ4v) is 4.92. The summed E-state index contributed by atoms with van der Waals surface area (Å²) in [4.78, 5) is 21.9. The molecular weight excluding hydrogens is 356 g/mol. The number of aromatic nitrogens is 2. The number of nitrogens with zero attached hydrogens (tertiary/aromatic N) is 4. The summed E-state index contributed by atoms with van der Waals surface area (Å²) in [6.07, 6.45) is 5.33. The zero-order valence-electron chi connectivity index (χ0n) is 16.2. The summed E-state index contributed by atoms with van der Waals surface area (Å²) < 4.78 is 4.56. The molecular formula is C21H28N4OS. The third-order valence-electron chi connectivity index (χ3n) is 5.83. The van der Waals surface area contributed by atoms with Crippen LogP contribution in [0.2, 0.25) is 0 Å². The van der Waals surface area contributed by atoms with E-state index in [0.29, 0.717) is 5.91 Å². The molecule has 2 aromatic rings. The van der Waals surface area contributed by atoms with Gasteiger partial charge in [0, 0.05) is 49.5 Å². The van der Waals surface area contributed by atoms with Gasteiger partial charge in [-0.3, -0.25) is 4.79 Å². The standard InChI is InChI=1S/C21H28N4OS/c1-15-7-9-17(10-8-15)13-19-22-21(27-23-19)24-11-12-25(16(2)14-24)20(26)18-5-3-4-6-18/h7-10,16,18H,3-6,11-14H2,1-2H3/t16-/m0/s1. The van der Waals surface area contributed by atoms with Gasteiger partial charge in [0.25, 0.3) is 0 Å². The van der Waals surface area contributed by atoms with E-state index in [4.69, 9.17) is 4.98 Å². The maximum absolute atomic E-state index is 12.8. The number of aryl methyl sites for hydroxylation is 1. The van der Waals surface area contributed by atoms with Crippen molar-refractivity contribution in [1.82, 2.24) is 14.3 Å². The molecule has 5 nitrogen and oxygen atoms in total. The smallest absolute Gasteiger partial charge is 0.226 e. The third kappa shape index (κ3) is 4.15. The molecule has 1 aliphatic carbocycles. The minimum atomic E-state index is 0.233. The van der Waals surface area contributed by atoms with Crippen LogP contribution in [-0.2, 0) is 11.2 Å². The van der Waals surface area contributed by atoms with Gasteiger partial charge in [0.15, 0.2) is 0 Å². The number of rotatable bonds is 4. The highest BCUT2D eigenvalue weighted by Gasteiger charge is 2.33. The van der Waals surface area contributed by atoms with E-state index in [1.807, 2.05) is 0 Å². The van der Waals surface area contributed by atoms with E-state index in [1.165, 1.54) is 35.5 Å². The van der Waals surface area contributed by atoms with E-state index in [2.05, 4.69) is 52.3 Å². The van der Waals surface area contributed by atoms with Crippen LogP contribution in [0.5, 0.6) is 0 Å². The number of hydrogen-bond acceptors (Lipinski definition) is 5. The number of piperazine rings is 1. The molecule has 2 aliphatic rings. The summed E-state index contributed by atoms with van der Waals surface area (Å²) >= 11 is 1.48. The first-order valence-electron chi connectivity index (χ1n) is 10.0. The van der Waals surface area contributed by atoms with Crippen LogP contribution in [-0.4, -0.2) is 45.8 Å². The molecule has 27 heavy (non-hydrogen) atoms. The number of carbonyl (C=O) groups excluding carboxylic acids is 1. The lowest BCUT2D eigenvalue weighted by Crippen LogP contribution is -2.55. The van der Waals surface area contributed by atoms with Gasteiger partial charge in [0.05, 0.1) is 0 Å². The molecule has 1 atom stereocenters. The molecule has 6 heteroatoms. The Bertz CT molecular complexity index is 782. The Morgan fingerprint density at radius 3 is 2.63 bits per heavy atom. The molecule has 0 radical (unpaired) electrons. The minimum absolute atomic E-state index is 0.233. The lowest BCUT2D eigenvalue weighted by atomic mass is 10.0. The molecule has 0 spiro atoms. The summed E-state index contributed by atoms with van der Waals surface area (Å²) in [6.45, 7) is 6.75. The van der Waals surface area contributed by atoms with Gasteiger partial charge in [0.2, 0.25) is 11.0 Å². The van der Waals surface area contributed by atoms with Crippen LogP contribution in [0.15, 0.2) is 24.3 Å². The lowest BCUT2D eigenvalue weighted by Gasteiger charge is -2.40. The molecule has 0 unspecified atom stereocenters. The average molecular weight is 385 g/mol. The highest BCUT2D eigenvalue weighted by molar-refractivity contribution is 7.09. The summed E-state index contributed by atoms with van der Waals surface area (Å²) in [5, 5.41) is 0.983. The van der Waals surface area contributed by atoms with Gasteiger partial charge >= 0.3 is 0 Å². The van der Waals surface area contributed by atoms with Crippen LogP contribution in [0.3, 0.4) is 0 Å². The zero-order chi connectivity index (χ0) is 18.8. The van der Waals surface area contributed by atoms with E-state index in [0.717, 1.165) is 49.9 Å². The number of benzene rings is 1. The van der Waals surface area contributed by atoms with E-state index in [-0.39, 0.29) is 12.0 Å². The lowest BCUT2D eigenvalue weighted by molar-refractivity contribution is -0.137. The van der Waals surface area contributed by atoms with Crippen molar-refractivity contribution in [3.8, 4) is 0 Å². The molecule has 1 amide bonds. The maximum Gasteiger partial charge on any atom is 0.226 e. The Morgan fingerprint density at radius 2 is 1.93 bits per heavy atom. The van der Waals surface area contributed by atoms with Crippen molar-refractivity contribution in [2.24, 2.45) is 5.92 Å². The second-order valence-corrected chi connectivity index (χ2v) is 8.69. The molecule has 1 aromatic carbocycles. The fourth-order valence-electron chi connectivity index (χ4n) is 4.20. The Hall–Kier alpha value is -1.95. The van der Waals surface area contributed by atoms with Crippen LogP contribution < -0.4 is 4.90 Å². The van der Waals surface area contributed by atoms with E-state index in [9.17, 15) is 4.79 Å². The number of hydrogen-bond donors (Lipinski definition) is 0. The zero-order valence-corrected chi connectivity index (χ0v) is 17.0. The van der Waals surface area contributed by atoms with Crippen LogP contribution in [0.1, 0.15) is 49.6 Å². The highest BCUT2D eigenvalue weighted by atomic mass is 32.1. The fraction of sp³-hybridized carbons (Fsp3) is 0.571. The van der Waals surface area contributed by atoms with Crippen molar-refractivity contribution in [2.45, 2.75) is 52.0 Å². The van der Waals surface area contributed by atoms with Gasteiger partial charge in [-0.05, 0) is 32.3 Å². The van der Waals surface area contributed by atoms with Gasteiger partial charge in [-0.2, -0.15) is 4.37 Å². The first-order valence-corrected chi connectivity index (χ1v) is 10.8. The van der Waals surface area contributed by atoms with Crippen molar-refractivity contribution in [3.63, 3.8) is 0 Å². The monoisotopic (exact) mass is 384 g/mol. The second kappa shape index (κ2) is 7.97.